The van der Waals surface area contributed by atoms with Gasteiger partial charge < -0.3 is 20.1 Å². The highest BCUT2D eigenvalue weighted by Crippen LogP contribution is 2.31. The zero-order valence-corrected chi connectivity index (χ0v) is 36.9. The molecule has 0 heterocycles. The molecule has 1 atom stereocenters. The molecule has 0 saturated heterocycles. The number of rotatable bonds is 16. The molecule has 61 heavy (non-hydrogen) atoms. The van der Waals surface area contributed by atoms with Gasteiger partial charge in [-0.3, -0.25) is 9.79 Å². The summed E-state index contributed by atoms with van der Waals surface area (Å²) in [6.45, 7) is 34.7. The number of hydrogen-bond donors (Lipinski definition) is 2. The van der Waals surface area contributed by atoms with Gasteiger partial charge in [-0.05, 0) is 102 Å². The summed E-state index contributed by atoms with van der Waals surface area (Å²) < 4.78 is 86.0. The lowest BCUT2D eigenvalue weighted by Crippen LogP contribution is -2.14. The first-order valence-electron chi connectivity index (χ1n) is 19.4. The van der Waals surface area contributed by atoms with Gasteiger partial charge in [0.25, 0.3) is 0 Å². The van der Waals surface area contributed by atoms with Crippen molar-refractivity contribution in [2.45, 2.75) is 108 Å². The first-order valence-corrected chi connectivity index (χ1v) is 19.4. The summed E-state index contributed by atoms with van der Waals surface area (Å²) in [5.41, 5.74) is 1.36. The van der Waals surface area contributed by atoms with Crippen LogP contribution in [0.5, 0.6) is 0 Å². The van der Waals surface area contributed by atoms with Crippen LogP contribution in [0.25, 0.3) is 0 Å². The van der Waals surface area contributed by atoms with Crippen LogP contribution in [-0.2, 0) is 26.6 Å². The van der Waals surface area contributed by atoms with Crippen molar-refractivity contribution in [2.75, 3.05) is 23.8 Å². The molecule has 0 amide bonds. The van der Waals surface area contributed by atoms with Crippen LogP contribution in [0.15, 0.2) is 138 Å². The summed E-state index contributed by atoms with van der Waals surface area (Å²) in [5.74, 6) is 0.916. The molecule has 0 saturated carbocycles. The molecule has 2 rings (SSSR count). The number of nitrogens with zero attached hydrogens (tertiary/aromatic N) is 3. The number of carbonyl (C=O) groups is 1. The van der Waals surface area contributed by atoms with Crippen LogP contribution in [-0.4, -0.2) is 36.5 Å². The Labute approximate surface area is 361 Å². The molecule has 0 aromatic heterocycles. The molecular formula is C47H69F6N5O3. The number of ketones is 1. The van der Waals surface area contributed by atoms with Crippen molar-refractivity contribution < 1.29 is 40.6 Å². The van der Waals surface area contributed by atoms with E-state index in [-0.39, 0.29) is 19.1 Å². The highest BCUT2D eigenvalue weighted by Gasteiger charge is 2.30. The molecule has 0 unspecified atom stereocenters. The molecule has 2 N–H and O–H groups in total. The van der Waals surface area contributed by atoms with Crippen LogP contribution >= 0.6 is 0 Å². The molecule has 342 valence electrons. The van der Waals surface area contributed by atoms with Gasteiger partial charge in [0.15, 0.2) is 5.78 Å². The maximum absolute atomic E-state index is 12.5. The third kappa shape index (κ3) is 31.0. The number of alkyl halides is 6. The normalized spacial score (nSPS) is 11.5. The van der Waals surface area contributed by atoms with Crippen LogP contribution in [0.4, 0.5) is 37.7 Å². The maximum atomic E-state index is 12.5. The minimum Gasteiger partial charge on any atom is -0.476 e. The van der Waals surface area contributed by atoms with E-state index in [1.54, 1.807) is 24.6 Å². The molecule has 2 aromatic carbocycles. The summed E-state index contributed by atoms with van der Waals surface area (Å²) in [6, 6.07) is 9.36. The van der Waals surface area contributed by atoms with Gasteiger partial charge >= 0.3 is 12.4 Å². The van der Waals surface area contributed by atoms with Gasteiger partial charge in [-0.25, -0.2) is 9.98 Å². The van der Waals surface area contributed by atoms with Crippen molar-refractivity contribution in [2.24, 2.45) is 20.9 Å². The minimum absolute atomic E-state index is 0. The number of halogens is 6. The third-order valence-electron chi connectivity index (χ3n) is 6.75. The zero-order chi connectivity index (χ0) is 46.7. The number of anilines is 2. The molecule has 0 fully saturated rings. The zero-order valence-electron chi connectivity index (χ0n) is 36.9. The average molecular weight is 866 g/mol. The van der Waals surface area contributed by atoms with Crippen LogP contribution < -0.4 is 10.6 Å². The quantitative estimate of drug-likeness (QED) is 0.0758. The van der Waals surface area contributed by atoms with E-state index < -0.39 is 23.5 Å². The Balaban J connectivity index is -0.000000390. The summed E-state index contributed by atoms with van der Waals surface area (Å²) in [4.78, 5) is 22.6. The lowest BCUT2D eigenvalue weighted by atomic mass is 10.0. The van der Waals surface area contributed by atoms with Crippen molar-refractivity contribution in [1.82, 2.24) is 0 Å². The van der Waals surface area contributed by atoms with Gasteiger partial charge in [0.2, 0.25) is 11.8 Å². The largest absolute Gasteiger partial charge is 0.476 e. The number of nitrogens with one attached hydrogen (secondary N) is 2. The van der Waals surface area contributed by atoms with Crippen LogP contribution in [0.1, 0.15) is 107 Å². The van der Waals surface area contributed by atoms with Crippen molar-refractivity contribution in [1.29, 1.82) is 0 Å². The fraction of sp³-hybridized carbons (Fsp3) is 0.404. The number of hydrogen-bond acceptors (Lipinski definition) is 8. The fourth-order valence-corrected chi connectivity index (χ4v) is 3.61. The summed E-state index contributed by atoms with van der Waals surface area (Å²) in [6.07, 6.45) is 3.34. The first kappa shape index (κ1) is 62.0. The number of aliphatic imine (C=N–C) groups is 3. The van der Waals surface area contributed by atoms with E-state index in [9.17, 15) is 31.1 Å². The molecule has 0 bridgehead atoms. The number of ether oxygens (including phenoxy) is 2. The highest BCUT2D eigenvalue weighted by atomic mass is 19.4. The van der Waals surface area contributed by atoms with Crippen LogP contribution in [0, 0.1) is 5.92 Å². The molecule has 0 aliphatic carbocycles. The van der Waals surface area contributed by atoms with Gasteiger partial charge in [-0.15, -0.1) is 0 Å². The molecule has 0 radical (unpaired) electrons. The highest BCUT2D eigenvalue weighted by molar-refractivity contribution is 5.96. The Morgan fingerprint density at radius 1 is 0.705 bits per heavy atom. The van der Waals surface area contributed by atoms with Gasteiger partial charge in [0.1, 0.15) is 0 Å². The summed E-state index contributed by atoms with van der Waals surface area (Å²) >= 11 is 0. The monoisotopic (exact) mass is 866 g/mol. The molecule has 0 aliphatic heterocycles. The standard InChI is InChI=1S/2C16H19F3N2O.C7H12O.C5H9N.C2H6.CH4/c2*1-4-10-20-15(22-11-5-2)12(3)21-14-8-6-13(7-9-14)16(17,18)19;1-4-6(3)7(8)5-2;1-4-6-5(2)3;1-2;/h2*4,6-10,21H,3,5,11H2,1-2H3;5-6H,2,4H2,1,3H3;4H,1H2,2-3H3;1-2H3;1H4/b2*10-4-,20-15?;;;;/t;;6-;;;/m..1.../s1. The Bertz CT molecular complexity index is 1590. The van der Waals surface area contributed by atoms with Crippen molar-refractivity contribution >= 4 is 34.7 Å². The lowest BCUT2D eigenvalue weighted by Gasteiger charge is -2.13. The molecule has 14 heteroatoms. The molecule has 0 aliphatic rings. The SMILES string of the molecule is C.C=C(Nc1ccc(C(F)(F)F)cc1)C(=N/C=C\C)OCCC.C=C(Nc1ccc(C(F)(F)F)cc1)C(=N/C=C\C)OCCC.C=CC(=O)[C@H](C)CC.C=CN=C(C)C.CC. The Kier molecular flexibility index (Phi) is 36.8. The average Bonchev–Trinajstić information content (AvgIpc) is 3.21. The second-order valence-electron chi connectivity index (χ2n) is 12.1. The molecule has 8 nitrogen and oxygen atoms in total. The van der Waals surface area contributed by atoms with Crippen molar-refractivity contribution in [3.05, 3.63) is 134 Å². The molecule has 0 spiro atoms. The Hall–Kier alpha value is -5.66. The number of carbonyl (C=O) groups excluding carboxylic acids is 1. The molecule has 2 aromatic rings. The topological polar surface area (TPSA) is 96.7 Å². The maximum Gasteiger partial charge on any atom is 0.416 e. The molecular weight excluding hydrogens is 797 g/mol. The number of benzene rings is 2. The van der Waals surface area contributed by atoms with E-state index in [1.165, 1.54) is 36.5 Å². The van der Waals surface area contributed by atoms with Gasteiger partial charge in [0.05, 0.1) is 35.7 Å². The van der Waals surface area contributed by atoms with E-state index in [0.717, 1.165) is 49.2 Å². The van der Waals surface area contributed by atoms with Crippen LogP contribution in [0.3, 0.4) is 0 Å². The Morgan fingerprint density at radius 3 is 1.25 bits per heavy atom. The van der Waals surface area contributed by atoms with E-state index in [1.807, 2.05) is 69.2 Å². The first-order chi connectivity index (χ1) is 28.2. The van der Waals surface area contributed by atoms with E-state index >= 15 is 0 Å². The second kappa shape index (κ2) is 36.2. The predicted octanol–water partition coefficient (Wildman–Crippen LogP) is 15.0. The van der Waals surface area contributed by atoms with Crippen molar-refractivity contribution in [3.63, 3.8) is 0 Å². The van der Waals surface area contributed by atoms with E-state index in [4.69, 9.17) is 9.47 Å². The Morgan fingerprint density at radius 2 is 1.05 bits per heavy atom. The number of allylic oxidation sites excluding steroid dienone is 3. The van der Waals surface area contributed by atoms with E-state index in [2.05, 4.69) is 51.9 Å². The summed E-state index contributed by atoms with van der Waals surface area (Å²) in [5, 5.41) is 5.77. The van der Waals surface area contributed by atoms with Gasteiger partial charge in [0, 0.05) is 41.6 Å². The summed E-state index contributed by atoms with van der Waals surface area (Å²) in [7, 11) is 0. The lowest BCUT2D eigenvalue weighted by molar-refractivity contribution is -0.138. The predicted molar refractivity (Wildman–Crippen MR) is 247 cm³/mol. The minimum atomic E-state index is -4.35. The van der Waals surface area contributed by atoms with E-state index in [0.29, 0.717) is 47.8 Å². The smallest absolute Gasteiger partial charge is 0.416 e. The van der Waals surface area contributed by atoms with Gasteiger partial charge in [-0.2, -0.15) is 26.3 Å². The fourth-order valence-electron chi connectivity index (χ4n) is 3.61. The second-order valence-corrected chi connectivity index (χ2v) is 12.1. The van der Waals surface area contributed by atoms with Gasteiger partial charge in [-0.1, -0.05) is 87.4 Å². The van der Waals surface area contributed by atoms with Crippen molar-refractivity contribution in [3.8, 4) is 0 Å². The third-order valence-corrected chi connectivity index (χ3v) is 6.75. The van der Waals surface area contributed by atoms with Crippen LogP contribution in [0.2, 0.25) is 0 Å².